The van der Waals surface area contributed by atoms with Crippen LogP contribution >= 0.6 is 0 Å². The highest BCUT2D eigenvalue weighted by molar-refractivity contribution is 5.86. The Bertz CT molecular complexity index is 1340. The summed E-state index contributed by atoms with van der Waals surface area (Å²) in [6.45, 7) is 7.68. The third kappa shape index (κ3) is 12.8. The van der Waals surface area contributed by atoms with Crippen LogP contribution < -0.4 is 15.4 Å². The highest BCUT2D eigenvalue weighted by atomic mass is 16.5. The van der Waals surface area contributed by atoms with Crippen molar-refractivity contribution >= 4 is 17.8 Å². The zero-order valence-electron chi connectivity index (χ0n) is 25.7. The first-order valence-electron chi connectivity index (χ1n) is 15.3. The van der Waals surface area contributed by atoms with Crippen LogP contribution in [0.3, 0.4) is 0 Å². The van der Waals surface area contributed by atoms with E-state index in [0.717, 1.165) is 22.4 Å². The lowest BCUT2D eigenvalue weighted by Crippen LogP contribution is -2.42. The molecule has 3 atom stereocenters. The number of rotatable bonds is 20. The molecule has 0 aliphatic rings. The molecule has 3 aromatic carbocycles. The number of aliphatic hydroxyl groups excluding tert-OH is 1. The quantitative estimate of drug-likeness (QED) is 0.0867. The van der Waals surface area contributed by atoms with E-state index in [1.807, 2.05) is 84.9 Å². The highest BCUT2D eigenvalue weighted by Gasteiger charge is 2.24. The Balaban J connectivity index is 1.52. The Kier molecular flexibility index (Phi) is 15.1. The number of esters is 1. The van der Waals surface area contributed by atoms with Crippen molar-refractivity contribution in [1.29, 1.82) is 0 Å². The molecule has 0 radical (unpaired) electrons. The second kappa shape index (κ2) is 19.6. The van der Waals surface area contributed by atoms with E-state index in [2.05, 4.69) is 23.8 Å². The second-order valence-electron chi connectivity index (χ2n) is 10.8. The first-order chi connectivity index (χ1) is 21.9. The number of ether oxygens (including phenoxy) is 2. The van der Waals surface area contributed by atoms with Crippen LogP contribution in [0.5, 0.6) is 5.75 Å². The normalized spacial score (nSPS) is 12.6. The molecule has 3 aromatic rings. The molecular weight excluding hydrogens is 568 g/mol. The Labute approximate surface area is 266 Å². The molecule has 0 spiro atoms. The molecule has 0 fully saturated rings. The lowest BCUT2D eigenvalue weighted by molar-refractivity contribution is -0.150. The van der Waals surface area contributed by atoms with Crippen molar-refractivity contribution in [3.63, 3.8) is 0 Å². The SMILES string of the molecule is C=CCCCC(=O)O[C@@H](CNC(=O)[C@@H](CC=C)CC(=O)N[C@H](CO)Cc1ccc(OCc2ccccc2)cc1)c1ccccc1. The average molecular weight is 613 g/mol. The van der Waals surface area contributed by atoms with Gasteiger partial charge in [0, 0.05) is 12.8 Å². The number of nitrogens with one attached hydrogen (secondary N) is 2. The summed E-state index contributed by atoms with van der Waals surface area (Å²) in [5, 5.41) is 15.7. The van der Waals surface area contributed by atoms with Gasteiger partial charge in [-0.25, -0.2) is 0 Å². The van der Waals surface area contributed by atoms with Crippen molar-refractivity contribution in [1.82, 2.24) is 10.6 Å². The summed E-state index contributed by atoms with van der Waals surface area (Å²) in [6.07, 6.45) is 4.88. The number of hydrogen-bond acceptors (Lipinski definition) is 6. The molecule has 8 heteroatoms. The van der Waals surface area contributed by atoms with Gasteiger partial charge in [0.05, 0.1) is 25.1 Å². The summed E-state index contributed by atoms with van der Waals surface area (Å²) in [7, 11) is 0. The van der Waals surface area contributed by atoms with Gasteiger partial charge in [-0.3, -0.25) is 14.4 Å². The minimum Gasteiger partial charge on any atom is -0.489 e. The molecule has 8 nitrogen and oxygen atoms in total. The lowest BCUT2D eigenvalue weighted by atomic mass is 9.98. The van der Waals surface area contributed by atoms with Gasteiger partial charge in [-0.05, 0) is 54.5 Å². The Hall–Kier alpha value is -4.69. The number of benzene rings is 3. The standard InChI is InChI=1S/C37H44N2O6/c1-3-5-8-18-36(42)45-34(30-16-11-7-12-17-30)25-38-37(43)31(13-4-2)24-35(41)39-32(26-40)23-28-19-21-33(22-20-28)44-27-29-14-9-6-10-15-29/h3-4,6-7,9-12,14-17,19-22,31-32,34,40H,1-2,5,8,13,18,23-27H2,(H,38,43)(H,39,41)/t31-,32-,34-/m0/s1. The summed E-state index contributed by atoms with van der Waals surface area (Å²) in [4.78, 5) is 38.6. The summed E-state index contributed by atoms with van der Waals surface area (Å²) in [5.41, 5.74) is 2.75. The van der Waals surface area contributed by atoms with Crippen molar-refractivity contribution in [2.75, 3.05) is 13.2 Å². The van der Waals surface area contributed by atoms with Crippen LogP contribution in [-0.2, 0) is 32.1 Å². The second-order valence-corrected chi connectivity index (χ2v) is 10.8. The van der Waals surface area contributed by atoms with E-state index in [4.69, 9.17) is 9.47 Å². The van der Waals surface area contributed by atoms with Crippen LogP contribution in [0.25, 0.3) is 0 Å². The maximum atomic E-state index is 13.2. The summed E-state index contributed by atoms with van der Waals surface area (Å²) < 4.78 is 11.5. The molecule has 0 saturated carbocycles. The van der Waals surface area contributed by atoms with E-state index >= 15 is 0 Å². The van der Waals surface area contributed by atoms with Gasteiger partial charge >= 0.3 is 5.97 Å². The molecule has 0 unspecified atom stereocenters. The predicted molar refractivity (Wildman–Crippen MR) is 175 cm³/mol. The largest absolute Gasteiger partial charge is 0.489 e. The van der Waals surface area contributed by atoms with Crippen LogP contribution in [0.15, 0.2) is 110 Å². The number of aliphatic hydroxyl groups is 1. The number of carbonyl (C=O) groups excluding carboxylic acids is 3. The number of allylic oxidation sites excluding steroid dienone is 2. The fourth-order valence-corrected chi connectivity index (χ4v) is 4.74. The van der Waals surface area contributed by atoms with Gasteiger partial charge in [-0.15, -0.1) is 13.2 Å². The first kappa shape index (κ1) is 34.8. The third-order valence-electron chi connectivity index (χ3n) is 7.19. The van der Waals surface area contributed by atoms with Gasteiger partial charge in [-0.2, -0.15) is 0 Å². The Morgan fingerprint density at radius 3 is 2.20 bits per heavy atom. The van der Waals surface area contributed by atoms with Crippen LogP contribution in [-0.4, -0.2) is 42.1 Å². The fraction of sp³-hybridized carbons (Fsp3) is 0.324. The number of unbranched alkanes of at least 4 members (excludes halogenated alkanes) is 1. The smallest absolute Gasteiger partial charge is 0.306 e. The highest BCUT2D eigenvalue weighted by Crippen LogP contribution is 2.19. The van der Waals surface area contributed by atoms with Crippen molar-refractivity contribution in [2.24, 2.45) is 5.92 Å². The zero-order chi connectivity index (χ0) is 32.3. The number of carbonyl (C=O) groups is 3. The van der Waals surface area contributed by atoms with E-state index in [1.165, 1.54) is 0 Å². The predicted octanol–water partition coefficient (Wildman–Crippen LogP) is 5.62. The van der Waals surface area contributed by atoms with E-state index in [0.29, 0.717) is 25.9 Å². The van der Waals surface area contributed by atoms with E-state index in [-0.39, 0.29) is 50.2 Å². The first-order valence-corrected chi connectivity index (χ1v) is 15.3. The van der Waals surface area contributed by atoms with E-state index in [9.17, 15) is 19.5 Å². The molecule has 0 aliphatic heterocycles. The number of amides is 2. The zero-order valence-corrected chi connectivity index (χ0v) is 25.7. The van der Waals surface area contributed by atoms with Crippen molar-refractivity contribution in [3.8, 4) is 5.75 Å². The van der Waals surface area contributed by atoms with Gasteiger partial charge in [-0.1, -0.05) is 84.9 Å². The van der Waals surface area contributed by atoms with E-state index < -0.39 is 18.1 Å². The average Bonchev–Trinajstić information content (AvgIpc) is 3.06. The van der Waals surface area contributed by atoms with Crippen LogP contribution in [0.2, 0.25) is 0 Å². The van der Waals surface area contributed by atoms with Crippen LogP contribution in [0.1, 0.15) is 54.9 Å². The molecule has 0 aromatic heterocycles. The summed E-state index contributed by atoms with van der Waals surface area (Å²) in [6, 6.07) is 26.1. The van der Waals surface area contributed by atoms with Crippen LogP contribution in [0.4, 0.5) is 0 Å². The van der Waals surface area contributed by atoms with Gasteiger partial charge in [0.1, 0.15) is 18.5 Å². The molecule has 0 saturated heterocycles. The van der Waals surface area contributed by atoms with Gasteiger partial charge in [0.2, 0.25) is 11.8 Å². The molecule has 238 valence electrons. The molecular formula is C37H44N2O6. The van der Waals surface area contributed by atoms with Gasteiger partial charge in [0.25, 0.3) is 0 Å². The molecule has 3 N–H and O–H groups in total. The van der Waals surface area contributed by atoms with Crippen molar-refractivity contribution in [2.45, 2.75) is 57.3 Å². The lowest BCUT2D eigenvalue weighted by Gasteiger charge is -2.22. The summed E-state index contributed by atoms with van der Waals surface area (Å²) >= 11 is 0. The van der Waals surface area contributed by atoms with Crippen molar-refractivity contribution in [3.05, 3.63) is 127 Å². The maximum absolute atomic E-state index is 13.2. The third-order valence-corrected chi connectivity index (χ3v) is 7.19. The van der Waals surface area contributed by atoms with Crippen molar-refractivity contribution < 1.29 is 29.0 Å². The minimum absolute atomic E-state index is 0.0651. The van der Waals surface area contributed by atoms with E-state index in [1.54, 1.807) is 12.2 Å². The van der Waals surface area contributed by atoms with Crippen LogP contribution in [0, 0.1) is 5.92 Å². The molecule has 2 amide bonds. The fourth-order valence-electron chi connectivity index (χ4n) is 4.74. The molecule has 0 heterocycles. The van der Waals surface area contributed by atoms with Gasteiger partial charge in [0.15, 0.2) is 0 Å². The maximum Gasteiger partial charge on any atom is 0.306 e. The molecule has 0 bridgehead atoms. The number of hydrogen-bond donors (Lipinski definition) is 3. The Morgan fingerprint density at radius 2 is 1.56 bits per heavy atom. The Morgan fingerprint density at radius 1 is 0.867 bits per heavy atom. The monoisotopic (exact) mass is 612 g/mol. The molecule has 3 rings (SSSR count). The van der Waals surface area contributed by atoms with Gasteiger partial charge < -0.3 is 25.2 Å². The minimum atomic E-state index is -0.678. The molecule has 0 aliphatic carbocycles. The topological polar surface area (TPSA) is 114 Å². The summed E-state index contributed by atoms with van der Waals surface area (Å²) in [5.74, 6) is -1.01. The molecule has 45 heavy (non-hydrogen) atoms.